The third-order valence-electron chi connectivity index (χ3n) is 9.48. The molecule has 0 aromatic heterocycles. The van der Waals surface area contributed by atoms with Gasteiger partial charge in [0.15, 0.2) is 23.0 Å². The molecule has 16 heteroatoms. The Kier molecular flexibility index (Phi) is 10.6. The van der Waals surface area contributed by atoms with Crippen LogP contribution in [0, 0.1) is 11.8 Å². The second-order valence-corrected chi connectivity index (χ2v) is 12.3. The molecule has 48 heavy (non-hydrogen) atoms. The molecule has 0 amide bonds. The van der Waals surface area contributed by atoms with Gasteiger partial charge in [-0.1, -0.05) is 12.1 Å². The van der Waals surface area contributed by atoms with Crippen molar-refractivity contribution in [1.29, 1.82) is 0 Å². The van der Waals surface area contributed by atoms with Crippen LogP contribution in [0.2, 0.25) is 0 Å². The van der Waals surface area contributed by atoms with Gasteiger partial charge in [-0.2, -0.15) is 0 Å². The van der Waals surface area contributed by atoms with Crippen molar-refractivity contribution in [2.24, 2.45) is 11.8 Å². The van der Waals surface area contributed by atoms with E-state index in [-0.39, 0.29) is 35.5 Å². The molecule has 4 heterocycles. The second-order valence-electron chi connectivity index (χ2n) is 12.3. The lowest BCUT2D eigenvalue weighted by atomic mass is 9.85. The number of ether oxygens (including phenoxy) is 8. The SMILES string of the molecule is COc1cc([C@H]2OC[C@H]3[C@@H]2CO[C@H]3c2ccc(O[C@H]3O[C@H](CO)[C@@H](O)[C@H](O)[C@H]3O)c(OC)c2)ccc1O[C@@H]1O[C@H](CO)[C@@H](O)[C@H](O)[C@H]1O. The van der Waals surface area contributed by atoms with Crippen molar-refractivity contribution in [2.45, 2.75) is 73.6 Å². The Hall–Kier alpha value is -2.84. The summed E-state index contributed by atoms with van der Waals surface area (Å²) in [4.78, 5) is 0. The van der Waals surface area contributed by atoms with Crippen LogP contribution in [0.3, 0.4) is 0 Å². The van der Waals surface area contributed by atoms with Crippen molar-refractivity contribution in [3.63, 3.8) is 0 Å². The standard InChI is InChI=1S/C32H42O16/c1-41-19-7-13(3-5-17(19)45-31-27(39)25(37)23(35)21(9-33)47-31)29-15-11-44-30(16(15)12-43-29)14-4-6-18(20(8-14)42-2)46-32-28(40)26(38)24(36)22(10-34)48-32/h3-8,15-16,21-40H,9-12H2,1-2H3/t15-,16-,21+,22+,23+,24+,25-,26-,27+,28+,29-,30+,31-,32+/m0/s1. The van der Waals surface area contributed by atoms with E-state index in [1.54, 1.807) is 36.4 Å². The van der Waals surface area contributed by atoms with Gasteiger partial charge in [0.05, 0.1) is 52.9 Å². The van der Waals surface area contributed by atoms with Crippen molar-refractivity contribution in [3.8, 4) is 23.0 Å². The topological polar surface area (TPSA) is 236 Å². The fraction of sp³-hybridized carbons (Fsp3) is 0.625. The lowest BCUT2D eigenvalue weighted by Gasteiger charge is -2.39. The fourth-order valence-electron chi connectivity index (χ4n) is 6.73. The van der Waals surface area contributed by atoms with Gasteiger partial charge in [0.1, 0.15) is 48.8 Å². The Morgan fingerprint density at radius 1 is 0.562 bits per heavy atom. The minimum Gasteiger partial charge on any atom is -0.493 e. The summed E-state index contributed by atoms with van der Waals surface area (Å²) in [6.07, 6.45) is -15.0. The highest BCUT2D eigenvalue weighted by Gasteiger charge is 2.49. The number of aliphatic hydroxyl groups is 8. The highest BCUT2D eigenvalue weighted by molar-refractivity contribution is 5.46. The largest absolute Gasteiger partial charge is 0.493 e. The van der Waals surface area contributed by atoms with Crippen molar-refractivity contribution >= 4 is 0 Å². The predicted octanol–water partition coefficient (Wildman–Crippen LogP) is -1.86. The van der Waals surface area contributed by atoms with Crippen molar-refractivity contribution in [3.05, 3.63) is 47.5 Å². The van der Waals surface area contributed by atoms with Crippen LogP contribution in [0.4, 0.5) is 0 Å². The van der Waals surface area contributed by atoms with Crippen molar-refractivity contribution in [1.82, 2.24) is 0 Å². The third-order valence-corrected chi connectivity index (χ3v) is 9.48. The van der Waals surface area contributed by atoms with E-state index < -0.39 is 74.6 Å². The molecule has 8 N–H and O–H groups in total. The molecular weight excluding hydrogens is 640 g/mol. The van der Waals surface area contributed by atoms with E-state index in [1.807, 2.05) is 0 Å². The van der Waals surface area contributed by atoms with Crippen molar-refractivity contribution < 1.29 is 78.7 Å². The maximum Gasteiger partial charge on any atom is 0.229 e. The van der Waals surface area contributed by atoms with Crippen LogP contribution in [0.1, 0.15) is 23.3 Å². The van der Waals surface area contributed by atoms with E-state index in [2.05, 4.69) is 0 Å². The molecule has 0 saturated carbocycles. The number of hydrogen-bond donors (Lipinski definition) is 8. The smallest absolute Gasteiger partial charge is 0.229 e. The zero-order valence-electron chi connectivity index (χ0n) is 26.2. The Bertz CT molecular complexity index is 1290. The Morgan fingerprint density at radius 3 is 1.31 bits per heavy atom. The van der Waals surface area contributed by atoms with Gasteiger partial charge in [-0.05, 0) is 35.4 Å². The first-order chi connectivity index (χ1) is 23.1. The summed E-state index contributed by atoms with van der Waals surface area (Å²) in [7, 11) is 2.90. The second kappa shape index (κ2) is 14.6. The molecule has 0 radical (unpaired) electrons. The number of fused-ring (bicyclic) bond motifs is 1. The average molecular weight is 683 g/mol. The number of benzene rings is 2. The molecule has 266 valence electrons. The van der Waals surface area contributed by atoms with E-state index in [0.717, 1.165) is 11.1 Å². The zero-order valence-corrected chi connectivity index (χ0v) is 26.2. The van der Waals surface area contributed by atoms with Crippen LogP contribution < -0.4 is 18.9 Å². The molecule has 0 aliphatic carbocycles. The summed E-state index contributed by atoms with van der Waals surface area (Å²) in [5, 5.41) is 80.1. The van der Waals surface area contributed by atoms with Crippen molar-refractivity contribution in [2.75, 3.05) is 40.6 Å². The lowest BCUT2D eigenvalue weighted by Crippen LogP contribution is -2.60. The third kappa shape index (κ3) is 6.44. The fourth-order valence-corrected chi connectivity index (χ4v) is 6.73. The van der Waals surface area contributed by atoms with Gasteiger partial charge in [0, 0.05) is 11.8 Å². The molecule has 4 fully saturated rings. The molecule has 4 aliphatic rings. The van der Waals surface area contributed by atoms with Gasteiger partial charge in [-0.3, -0.25) is 0 Å². The summed E-state index contributed by atoms with van der Waals surface area (Å²) < 4.78 is 46.1. The highest BCUT2D eigenvalue weighted by atomic mass is 16.7. The molecule has 2 aromatic carbocycles. The molecule has 0 unspecified atom stereocenters. The van der Waals surface area contributed by atoms with E-state index in [0.29, 0.717) is 24.7 Å². The molecule has 6 rings (SSSR count). The van der Waals surface area contributed by atoms with Gasteiger partial charge < -0.3 is 78.7 Å². The number of rotatable bonds is 10. The van der Waals surface area contributed by atoms with Crippen LogP contribution in [0.5, 0.6) is 23.0 Å². The van der Waals surface area contributed by atoms with Gasteiger partial charge in [-0.25, -0.2) is 0 Å². The average Bonchev–Trinajstić information content (AvgIpc) is 3.72. The molecule has 0 bridgehead atoms. The maximum atomic E-state index is 10.4. The maximum absolute atomic E-state index is 10.4. The highest BCUT2D eigenvalue weighted by Crippen LogP contribution is 2.52. The normalized spacial score (nSPS) is 39.5. The Labute approximate surface area is 275 Å². The van der Waals surface area contributed by atoms with Crippen LogP contribution in [-0.4, -0.2) is 143 Å². The summed E-state index contributed by atoms with van der Waals surface area (Å²) in [5.41, 5.74) is 1.59. The van der Waals surface area contributed by atoms with Gasteiger partial charge in [0.2, 0.25) is 12.6 Å². The summed E-state index contributed by atoms with van der Waals surface area (Å²) in [6, 6.07) is 10.3. The number of methoxy groups -OCH3 is 2. The molecule has 4 saturated heterocycles. The Balaban J connectivity index is 1.14. The van der Waals surface area contributed by atoms with Gasteiger partial charge in [-0.15, -0.1) is 0 Å². The summed E-state index contributed by atoms with van der Waals surface area (Å²) >= 11 is 0. The van der Waals surface area contributed by atoms with E-state index in [1.165, 1.54) is 14.2 Å². The first kappa shape index (κ1) is 35.0. The molecule has 0 spiro atoms. The lowest BCUT2D eigenvalue weighted by molar-refractivity contribution is -0.277. The minimum absolute atomic E-state index is 0.0204. The van der Waals surface area contributed by atoms with E-state index in [4.69, 9.17) is 37.9 Å². The predicted molar refractivity (Wildman–Crippen MR) is 159 cm³/mol. The van der Waals surface area contributed by atoms with Crippen LogP contribution in [0.15, 0.2) is 36.4 Å². The quantitative estimate of drug-likeness (QED) is 0.137. The number of aliphatic hydroxyl groups excluding tert-OH is 8. The Morgan fingerprint density at radius 2 is 0.958 bits per heavy atom. The molecular formula is C32H42O16. The molecule has 14 atom stereocenters. The zero-order chi connectivity index (χ0) is 34.3. The minimum atomic E-state index is -1.59. The van der Waals surface area contributed by atoms with Crippen LogP contribution >= 0.6 is 0 Å². The molecule has 4 aliphatic heterocycles. The monoisotopic (exact) mass is 682 g/mol. The summed E-state index contributed by atoms with van der Waals surface area (Å²) in [5.74, 6) is 0.997. The van der Waals surface area contributed by atoms with Gasteiger partial charge in [0.25, 0.3) is 0 Å². The molecule has 2 aromatic rings. The van der Waals surface area contributed by atoms with E-state index in [9.17, 15) is 40.9 Å². The van der Waals surface area contributed by atoms with E-state index >= 15 is 0 Å². The first-order valence-corrected chi connectivity index (χ1v) is 15.6. The van der Waals surface area contributed by atoms with Crippen LogP contribution in [0.25, 0.3) is 0 Å². The number of hydrogen-bond acceptors (Lipinski definition) is 16. The first-order valence-electron chi connectivity index (χ1n) is 15.6. The van der Waals surface area contributed by atoms with Gasteiger partial charge >= 0.3 is 0 Å². The molecule has 16 nitrogen and oxygen atoms in total. The van der Waals surface area contributed by atoms with Crippen LogP contribution in [-0.2, 0) is 18.9 Å². The summed E-state index contributed by atoms with van der Waals surface area (Å²) in [6.45, 7) is -0.371.